The molecule has 0 aromatic carbocycles. The van der Waals surface area contributed by atoms with Gasteiger partial charge >= 0.3 is 12.1 Å². The number of aromatic nitrogens is 3. The van der Waals surface area contributed by atoms with Crippen LogP contribution in [0.15, 0.2) is 24.5 Å². The molecule has 1 spiro atoms. The molecule has 0 aliphatic carbocycles. The highest BCUT2D eigenvalue weighted by atomic mass is 32.1. The second kappa shape index (κ2) is 9.13. The molecule has 1 N–H and O–H groups in total. The Morgan fingerprint density at radius 2 is 2.07 bits per heavy atom. The largest absolute Gasteiger partial charge is 0.490 e. The zero-order valence-electron chi connectivity index (χ0n) is 16.1. The second-order valence-corrected chi connectivity index (χ2v) is 8.18. The van der Waals surface area contributed by atoms with Gasteiger partial charge in [-0.15, -0.1) is 10.2 Å². The van der Waals surface area contributed by atoms with Crippen molar-refractivity contribution in [2.45, 2.75) is 44.1 Å². The number of anilines is 1. The maximum absolute atomic E-state index is 10.6. The normalized spacial score (nSPS) is 20.5. The molecule has 0 bridgehead atoms. The molecule has 30 heavy (non-hydrogen) atoms. The average Bonchev–Trinajstić information content (AvgIpc) is 3.30. The van der Waals surface area contributed by atoms with Crippen LogP contribution in [-0.4, -0.2) is 63.8 Å². The number of pyridine rings is 1. The fourth-order valence-electron chi connectivity index (χ4n) is 3.36. The lowest BCUT2D eigenvalue weighted by atomic mass is 9.88. The van der Waals surface area contributed by atoms with Crippen molar-refractivity contribution in [3.05, 3.63) is 29.5 Å². The number of piperidine rings is 1. The number of aliphatic carboxylic acids is 1. The van der Waals surface area contributed by atoms with Gasteiger partial charge in [-0.3, -0.25) is 4.98 Å². The third kappa shape index (κ3) is 5.79. The highest BCUT2D eigenvalue weighted by Crippen LogP contribution is 2.38. The topological polar surface area (TPSA) is 97.7 Å². The number of hydrogen-bond acceptors (Lipinski definition) is 8. The molecule has 2 aliphatic rings. The number of ether oxygens (including phenoxy) is 2. The Morgan fingerprint density at radius 1 is 1.37 bits per heavy atom. The van der Waals surface area contributed by atoms with Crippen molar-refractivity contribution in [1.29, 1.82) is 0 Å². The first-order valence-electron chi connectivity index (χ1n) is 9.23. The molecule has 164 valence electrons. The van der Waals surface area contributed by atoms with Crippen LogP contribution >= 0.6 is 11.3 Å². The Balaban J connectivity index is 0.000000318. The van der Waals surface area contributed by atoms with Crippen LogP contribution in [0.4, 0.5) is 18.3 Å². The van der Waals surface area contributed by atoms with Crippen LogP contribution in [0.3, 0.4) is 0 Å². The summed E-state index contributed by atoms with van der Waals surface area (Å²) < 4.78 is 43.9. The van der Waals surface area contributed by atoms with Crippen LogP contribution in [-0.2, 0) is 9.53 Å². The van der Waals surface area contributed by atoms with Crippen LogP contribution < -0.4 is 9.64 Å². The summed E-state index contributed by atoms with van der Waals surface area (Å²) in [5.41, 5.74) is -0.0386. The van der Waals surface area contributed by atoms with E-state index in [1.165, 1.54) is 0 Å². The fraction of sp³-hybridized carbons (Fsp3) is 0.556. The van der Waals surface area contributed by atoms with Crippen molar-refractivity contribution >= 4 is 22.4 Å². The van der Waals surface area contributed by atoms with Crippen molar-refractivity contribution < 1.29 is 32.5 Å². The minimum absolute atomic E-state index is 0.0386. The first kappa shape index (κ1) is 22.2. The van der Waals surface area contributed by atoms with Gasteiger partial charge in [0.1, 0.15) is 16.9 Å². The molecule has 2 aromatic heterocycles. The highest BCUT2D eigenvalue weighted by molar-refractivity contribution is 7.15. The number of carboxylic acids is 1. The van der Waals surface area contributed by atoms with Crippen molar-refractivity contribution in [2.24, 2.45) is 0 Å². The molecule has 1 atom stereocenters. The Hall–Kier alpha value is -2.47. The third-order valence-electron chi connectivity index (χ3n) is 4.82. The quantitative estimate of drug-likeness (QED) is 0.768. The van der Waals surface area contributed by atoms with Gasteiger partial charge < -0.3 is 19.5 Å². The first-order chi connectivity index (χ1) is 14.2. The third-order valence-corrected chi connectivity index (χ3v) is 5.71. The highest BCUT2D eigenvalue weighted by Gasteiger charge is 2.44. The zero-order chi connectivity index (χ0) is 21.8. The maximum Gasteiger partial charge on any atom is 0.490 e. The lowest BCUT2D eigenvalue weighted by Crippen LogP contribution is -2.44. The van der Waals surface area contributed by atoms with Gasteiger partial charge in [0.2, 0.25) is 5.13 Å². The standard InChI is InChI=1S/C16H20N4O2S.C2HF3O2/c1-12-18-19-15(23-12)20-7-4-16(5-8-20)9-14(11-21-16)22-13-3-2-6-17-10-13;3-2(4,5)1(6)7/h2-3,6,10,14H,4-5,7-9,11H2,1H3;(H,6,7). The van der Waals surface area contributed by atoms with E-state index in [0.29, 0.717) is 6.61 Å². The molecule has 8 nitrogen and oxygen atoms in total. The van der Waals surface area contributed by atoms with Gasteiger partial charge in [-0.25, -0.2) is 4.79 Å². The Labute approximate surface area is 174 Å². The molecule has 0 saturated carbocycles. The summed E-state index contributed by atoms with van der Waals surface area (Å²) in [6.07, 6.45) is 1.52. The molecule has 2 aliphatic heterocycles. The van der Waals surface area contributed by atoms with Crippen molar-refractivity contribution in [1.82, 2.24) is 15.2 Å². The van der Waals surface area contributed by atoms with E-state index in [9.17, 15) is 13.2 Å². The van der Waals surface area contributed by atoms with E-state index in [4.69, 9.17) is 19.4 Å². The Kier molecular flexibility index (Phi) is 6.76. The Morgan fingerprint density at radius 3 is 2.60 bits per heavy atom. The molecule has 0 radical (unpaired) electrons. The predicted octanol–water partition coefficient (Wildman–Crippen LogP) is 3.08. The van der Waals surface area contributed by atoms with Crippen molar-refractivity contribution in [3.63, 3.8) is 0 Å². The minimum Gasteiger partial charge on any atom is -0.486 e. The lowest BCUT2D eigenvalue weighted by molar-refractivity contribution is -0.192. The molecular formula is C18H21F3N4O4S. The summed E-state index contributed by atoms with van der Waals surface area (Å²) >= 11 is 1.66. The number of rotatable bonds is 3. The second-order valence-electron chi connectivity index (χ2n) is 7.02. The molecule has 0 amide bonds. The van der Waals surface area contributed by atoms with E-state index in [2.05, 4.69) is 20.1 Å². The van der Waals surface area contributed by atoms with Crippen molar-refractivity contribution in [3.8, 4) is 5.75 Å². The van der Waals surface area contributed by atoms with Crippen LogP contribution in [0.5, 0.6) is 5.75 Å². The molecule has 2 fully saturated rings. The summed E-state index contributed by atoms with van der Waals surface area (Å²) in [5, 5.41) is 17.5. The fourth-order valence-corrected chi connectivity index (χ4v) is 4.09. The summed E-state index contributed by atoms with van der Waals surface area (Å²) in [6.45, 7) is 4.59. The summed E-state index contributed by atoms with van der Waals surface area (Å²) in [6, 6.07) is 3.84. The molecule has 1 unspecified atom stereocenters. The smallest absolute Gasteiger partial charge is 0.486 e. The number of carbonyl (C=O) groups is 1. The molecule has 2 saturated heterocycles. The summed E-state index contributed by atoms with van der Waals surface area (Å²) in [5.74, 6) is -1.94. The molecule has 4 heterocycles. The van der Waals surface area contributed by atoms with Gasteiger partial charge in [-0.2, -0.15) is 13.2 Å². The monoisotopic (exact) mass is 446 g/mol. The molecular weight excluding hydrogens is 425 g/mol. The van der Waals surface area contributed by atoms with E-state index in [-0.39, 0.29) is 11.7 Å². The van der Waals surface area contributed by atoms with Gasteiger partial charge in [0.15, 0.2) is 0 Å². The van der Waals surface area contributed by atoms with Gasteiger partial charge in [-0.05, 0) is 31.9 Å². The van der Waals surface area contributed by atoms with E-state index >= 15 is 0 Å². The molecule has 2 aromatic rings. The summed E-state index contributed by atoms with van der Waals surface area (Å²) in [4.78, 5) is 15.3. The van der Waals surface area contributed by atoms with Gasteiger partial charge in [-0.1, -0.05) is 11.3 Å². The SMILES string of the molecule is Cc1nnc(N2CCC3(CC2)CC(Oc2cccnc2)CO3)s1.O=C(O)C(F)(F)F. The maximum atomic E-state index is 10.6. The van der Waals surface area contributed by atoms with Crippen LogP contribution in [0.25, 0.3) is 0 Å². The van der Waals surface area contributed by atoms with Crippen molar-refractivity contribution in [2.75, 3.05) is 24.6 Å². The Bertz CT molecular complexity index is 841. The van der Waals surface area contributed by atoms with Crippen LogP contribution in [0.2, 0.25) is 0 Å². The molecule has 4 rings (SSSR count). The number of alkyl halides is 3. The lowest BCUT2D eigenvalue weighted by Gasteiger charge is -2.38. The van der Waals surface area contributed by atoms with E-state index < -0.39 is 12.1 Å². The number of carboxylic acid groups (broad SMARTS) is 1. The van der Waals surface area contributed by atoms with Gasteiger partial charge in [0.25, 0.3) is 0 Å². The van der Waals surface area contributed by atoms with E-state index in [1.807, 2.05) is 19.1 Å². The van der Waals surface area contributed by atoms with E-state index in [0.717, 1.165) is 48.2 Å². The average molecular weight is 446 g/mol. The van der Waals surface area contributed by atoms with Gasteiger partial charge in [0.05, 0.1) is 18.4 Å². The summed E-state index contributed by atoms with van der Waals surface area (Å²) in [7, 11) is 0. The van der Waals surface area contributed by atoms with Gasteiger partial charge in [0, 0.05) is 25.7 Å². The molecule has 12 heteroatoms. The first-order valence-corrected chi connectivity index (χ1v) is 10.0. The minimum atomic E-state index is -5.08. The van der Waals surface area contributed by atoms with Crippen LogP contribution in [0.1, 0.15) is 24.3 Å². The van der Waals surface area contributed by atoms with Crippen LogP contribution in [0, 0.1) is 6.92 Å². The number of halogens is 3. The number of aryl methyl sites for hydroxylation is 1. The number of nitrogens with zero attached hydrogens (tertiary/aromatic N) is 4. The zero-order valence-corrected chi connectivity index (χ0v) is 16.9. The van der Waals surface area contributed by atoms with E-state index in [1.54, 1.807) is 23.7 Å². The number of hydrogen-bond donors (Lipinski definition) is 1. The predicted molar refractivity (Wildman–Crippen MR) is 102 cm³/mol.